The summed E-state index contributed by atoms with van der Waals surface area (Å²) in [6.07, 6.45) is -4.44. The van der Waals surface area contributed by atoms with E-state index in [4.69, 9.17) is 0 Å². The van der Waals surface area contributed by atoms with Gasteiger partial charge in [0.1, 0.15) is 18.8 Å². The summed E-state index contributed by atoms with van der Waals surface area (Å²) < 4.78 is 53.4. The highest BCUT2D eigenvalue weighted by Gasteiger charge is 2.33. The van der Waals surface area contributed by atoms with Crippen molar-refractivity contribution in [3.05, 3.63) is 52.8 Å². The van der Waals surface area contributed by atoms with Gasteiger partial charge in [-0.3, -0.25) is 0 Å². The van der Waals surface area contributed by atoms with Crippen LogP contribution in [0, 0.1) is 13.8 Å². The molecule has 0 saturated heterocycles. The van der Waals surface area contributed by atoms with Crippen LogP contribution >= 0.6 is 7.14 Å². The van der Waals surface area contributed by atoms with E-state index in [-0.39, 0.29) is 12.1 Å². The molecule has 0 aliphatic rings. The molecule has 0 fully saturated rings. The van der Waals surface area contributed by atoms with Gasteiger partial charge in [-0.05, 0) is 77.3 Å². The number of alkyl halides is 3. The summed E-state index contributed by atoms with van der Waals surface area (Å²) in [5.74, 6) is 0.922. The van der Waals surface area contributed by atoms with Crippen LogP contribution in [0.1, 0.15) is 49.3 Å². The Morgan fingerprint density at radius 2 is 1.77 bits per heavy atom. The third-order valence-corrected chi connectivity index (χ3v) is 7.25. The van der Waals surface area contributed by atoms with E-state index in [1.54, 1.807) is 59.2 Å². The number of hydrogen-bond acceptors (Lipinski definition) is 6. The van der Waals surface area contributed by atoms with Crippen LogP contribution in [0.2, 0.25) is 0 Å². The lowest BCUT2D eigenvalue weighted by molar-refractivity contribution is -0.138. The number of benzene rings is 2. The molecule has 1 aromatic heterocycles. The molecule has 0 radical (unpaired) electrons. The molecule has 0 aliphatic carbocycles. The van der Waals surface area contributed by atoms with Crippen LogP contribution in [-0.4, -0.2) is 40.5 Å². The fourth-order valence-electron chi connectivity index (χ4n) is 4.00. The predicted molar refractivity (Wildman–Crippen MR) is 136 cm³/mol. The van der Waals surface area contributed by atoms with E-state index in [0.29, 0.717) is 39.1 Å². The molecule has 0 unspecified atom stereocenters. The lowest BCUT2D eigenvalue weighted by Gasteiger charge is -2.23. The number of halogens is 3. The topological polar surface area (TPSA) is 87.1 Å². The van der Waals surface area contributed by atoms with Gasteiger partial charge in [-0.25, -0.2) is 9.97 Å². The standard InChI is InChI=1S/C25H32F3N4O2P/c1-14-17(9-8-10-19(14)25(26,27)28)15(2)30-23-18-11-22(35(6,7)34)21(29-13-24(4,5)33)12-20(18)31-16(3)32-23/h8-12,15,29,33H,13H2,1-7H3,(H,30,31,32)/t15-/m1/s1. The number of aryl methyl sites for hydroxylation is 1. The zero-order valence-corrected chi connectivity index (χ0v) is 21.9. The van der Waals surface area contributed by atoms with Gasteiger partial charge in [0, 0.05) is 22.9 Å². The van der Waals surface area contributed by atoms with E-state index < -0.39 is 30.5 Å². The third-order valence-electron chi connectivity index (χ3n) is 5.72. The molecule has 0 aliphatic heterocycles. The molecule has 0 amide bonds. The molecule has 1 atom stereocenters. The van der Waals surface area contributed by atoms with E-state index in [0.717, 1.165) is 6.07 Å². The summed E-state index contributed by atoms with van der Waals surface area (Å²) in [4.78, 5) is 9.03. The van der Waals surface area contributed by atoms with Crippen molar-refractivity contribution in [1.82, 2.24) is 9.97 Å². The van der Waals surface area contributed by atoms with Crippen LogP contribution in [-0.2, 0) is 10.7 Å². The summed E-state index contributed by atoms with van der Waals surface area (Å²) in [6, 6.07) is 7.18. The summed E-state index contributed by atoms with van der Waals surface area (Å²) in [6.45, 7) is 11.9. The van der Waals surface area contributed by atoms with Gasteiger partial charge in [-0.2, -0.15) is 13.2 Å². The normalized spacial score (nSPS) is 13.7. The molecular formula is C25H32F3N4O2P. The lowest BCUT2D eigenvalue weighted by Crippen LogP contribution is -2.30. The van der Waals surface area contributed by atoms with Gasteiger partial charge < -0.3 is 20.3 Å². The van der Waals surface area contributed by atoms with Gasteiger partial charge in [-0.1, -0.05) is 12.1 Å². The molecule has 6 nitrogen and oxygen atoms in total. The minimum atomic E-state index is -4.44. The van der Waals surface area contributed by atoms with E-state index in [2.05, 4.69) is 20.6 Å². The number of fused-ring (bicyclic) bond motifs is 1. The van der Waals surface area contributed by atoms with Crippen LogP contribution in [0.4, 0.5) is 24.7 Å². The molecule has 2 aromatic carbocycles. The van der Waals surface area contributed by atoms with Gasteiger partial charge in [-0.15, -0.1) is 0 Å². The van der Waals surface area contributed by atoms with Crippen molar-refractivity contribution in [3.8, 4) is 0 Å². The minimum Gasteiger partial charge on any atom is -0.389 e. The van der Waals surface area contributed by atoms with Crippen molar-refractivity contribution in [2.75, 3.05) is 30.5 Å². The van der Waals surface area contributed by atoms with Crippen LogP contribution in [0.25, 0.3) is 10.9 Å². The van der Waals surface area contributed by atoms with Crippen LogP contribution in [0.5, 0.6) is 0 Å². The summed E-state index contributed by atoms with van der Waals surface area (Å²) in [5.41, 5.74) is 0.201. The Morgan fingerprint density at radius 3 is 2.34 bits per heavy atom. The maximum atomic E-state index is 13.4. The maximum absolute atomic E-state index is 13.4. The molecule has 0 spiro atoms. The summed E-state index contributed by atoms with van der Waals surface area (Å²) in [7, 11) is -2.75. The number of rotatable bonds is 7. The molecule has 3 aromatic rings. The number of hydrogen-bond donors (Lipinski definition) is 3. The summed E-state index contributed by atoms with van der Waals surface area (Å²) >= 11 is 0. The third kappa shape index (κ3) is 6.33. The Balaban J connectivity index is 2.11. The molecule has 1 heterocycles. The van der Waals surface area contributed by atoms with Gasteiger partial charge in [0.25, 0.3) is 0 Å². The average Bonchev–Trinajstić information content (AvgIpc) is 2.69. The van der Waals surface area contributed by atoms with Crippen LogP contribution < -0.4 is 15.9 Å². The van der Waals surface area contributed by atoms with E-state index in [1.807, 2.05) is 0 Å². The highest BCUT2D eigenvalue weighted by Crippen LogP contribution is 2.40. The van der Waals surface area contributed by atoms with E-state index in [9.17, 15) is 22.8 Å². The van der Waals surface area contributed by atoms with Crippen LogP contribution in [0.3, 0.4) is 0 Å². The Bertz CT molecular complexity index is 1300. The first kappa shape index (κ1) is 27.0. The van der Waals surface area contributed by atoms with Crippen molar-refractivity contribution in [3.63, 3.8) is 0 Å². The fraction of sp³-hybridized carbons (Fsp3) is 0.440. The Hall–Kier alpha value is -2.64. The number of nitrogens with one attached hydrogen (secondary N) is 2. The van der Waals surface area contributed by atoms with Crippen LogP contribution in [0.15, 0.2) is 30.3 Å². The molecule has 0 saturated carbocycles. The first-order valence-electron chi connectivity index (χ1n) is 11.2. The van der Waals surface area contributed by atoms with E-state index >= 15 is 0 Å². The zero-order chi connectivity index (χ0) is 26.3. The van der Waals surface area contributed by atoms with Gasteiger partial charge in [0.05, 0.1) is 22.7 Å². The Kier molecular flexibility index (Phi) is 7.26. The number of aromatic nitrogens is 2. The average molecular weight is 509 g/mol. The Morgan fingerprint density at radius 1 is 1.11 bits per heavy atom. The van der Waals surface area contributed by atoms with Crippen molar-refractivity contribution in [2.45, 2.75) is 52.4 Å². The van der Waals surface area contributed by atoms with E-state index in [1.165, 1.54) is 13.0 Å². The largest absolute Gasteiger partial charge is 0.416 e. The number of nitrogens with zero attached hydrogens (tertiary/aromatic N) is 2. The summed E-state index contributed by atoms with van der Waals surface area (Å²) in [5, 5.41) is 17.7. The second-order valence-electron chi connectivity index (χ2n) is 9.91. The maximum Gasteiger partial charge on any atom is 0.416 e. The smallest absolute Gasteiger partial charge is 0.389 e. The zero-order valence-electron chi connectivity index (χ0n) is 21.0. The second-order valence-corrected chi connectivity index (χ2v) is 13.1. The van der Waals surface area contributed by atoms with Crippen molar-refractivity contribution in [2.24, 2.45) is 0 Å². The molecule has 3 N–H and O–H groups in total. The predicted octanol–water partition coefficient (Wildman–Crippen LogP) is 5.87. The second kappa shape index (κ2) is 9.43. The lowest BCUT2D eigenvalue weighted by atomic mass is 9.97. The van der Waals surface area contributed by atoms with Gasteiger partial charge in [0.2, 0.25) is 0 Å². The molecule has 0 bridgehead atoms. The fourth-order valence-corrected chi connectivity index (χ4v) is 5.17. The number of anilines is 2. The number of aliphatic hydroxyl groups is 1. The molecule has 190 valence electrons. The monoisotopic (exact) mass is 508 g/mol. The van der Waals surface area contributed by atoms with Crippen molar-refractivity contribution < 1.29 is 22.8 Å². The highest BCUT2D eigenvalue weighted by atomic mass is 31.2. The van der Waals surface area contributed by atoms with Crippen molar-refractivity contribution >= 4 is 34.9 Å². The van der Waals surface area contributed by atoms with Crippen molar-refractivity contribution in [1.29, 1.82) is 0 Å². The SMILES string of the molecule is Cc1nc(N[C@H](C)c2cccc(C(F)(F)F)c2C)c2cc(P(C)(C)=O)c(NCC(C)(C)O)cc2n1. The van der Waals surface area contributed by atoms with Gasteiger partial charge in [0.15, 0.2) is 0 Å². The minimum absolute atomic E-state index is 0.153. The first-order valence-corrected chi connectivity index (χ1v) is 13.8. The first-order chi connectivity index (χ1) is 16.0. The highest BCUT2D eigenvalue weighted by molar-refractivity contribution is 7.70. The quantitative estimate of drug-likeness (QED) is 0.346. The Labute approximate surface area is 203 Å². The molecule has 35 heavy (non-hydrogen) atoms. The molecular weight excluding hydrogens is 476 g/mol. The van der Waals surface area contributed by atoms with Gasteiger partial charge >= 0.3 is 6.18 Å². The molecule has 3 rings (SSSR count). The molecule has 10 heteroatoms.